The Bertz CT molecular complexity index is 460. The molecule has 5 heteroatoms. The van der Waals surface area contributed by atoms with Crippen LogP contribution in [0.3, 0.4) is 0 Å². The zero-order valence-corrected chi connectivity index (χ0v) is 11.3. The van der Waals surface area contributed by atoms with E-state index in [4.69, 9.17) is 10.5 Å². The van der Waals surface area contributed by atoms with Gasteiger partial charge in [0.15, 0.2) is 9.84 Å². The highest BCUT2D eigenvalue weighted by atomic mass is 32.2. The predicted octanol–water partition coefficient (Wildman–Crippen LogP) is 1.78. The molecule has 2 N–H and O–H groups in total. The Morgan fingerprint density at radius 3 is 2.53 bits per heavy atom. The van der Waals surface area contributed by atoms with E-state index in [2.05, 4.69) is 0 Å². The molecule has 17 heavy (non-hydrogen) atoms. The van der Waals surface area contributed by atoms with Gasteiger partial charge in [0, 0.05) is 0 Å². The van der Waals surface area contributed by atoms with Crippen LogP contribution in [0, 0.1) is 6.92 Å². The maximum Gasteiger partial charge on any atom is 0.155 e. The number of aryl methyl sites for hydroxylation is 1. The topological polar surface area (TPSA) is 69.4 Å². The lowest BCUT2D eigenvalue weighted by Gasteiger charge is -2.12. The second kappa shape index (κ2) is 5.40. The minimum Gasteiger partial charge on any atom is -0.490 e. The first-order chi connectivity index (χ1) is 7.84. The summed E-state index contributed by atoms with van der Waals surface area (Å²) in [5.74, 6) is 0.588. The SMILES string of the molecule is Cc1cccc(N)c1OCCS(=O)(=O)C(C)C. The maximum atomic E-state index is 11.6. The van der Waals surface area contributed by atoms with Crippen LogP contribution in [0.4, 0.5) is 5.69 Å². The van der Waals surface area contributed by atoms with E-state index in [0.717, 1.165) is 5.56 Å². The van der Waals surface area contributed by atoms with Gasteiger partial charge in [-0.15, -0.1) is 0 Å². The molecule has 1 aromatic rings. The Kier molecular flexibility index (Phi) is 4.40. The maximum absolute atomic E-state index is 11.6. The Hall–Kier alpha value is -1.23. The van der Waals surface area contributed by atoms with E-state index in [1.165, 1.54) is 0 Å². The molecule has 0 saturated heterocycles. The summed E-state index contributed by atoms with van der Waals surface area (Å²) >= 11 is 0. The van der Waals surface area contributed by atoms with E-state index < -0.39 is 9.84 Å². The molecular formula is C12H19NO3S. The number of para-hydroxylation sites is 1. The molecular weight excluding hydrogens is 238 g/mol. The van der Waals surface area contributed by atoms with Crippen molar-refractivity contribution in [3.8, 4) is 5.75 Å². The van der Waals surface area contributed by atoms with Crippen molar-refractivity contribution in [1.82, 2.24) is 0 Å². The van der Waals surface area contributed by atoms with Crippen molar-refractivity contribution in [2.75, 3.05) is 18.1 Å². The summed E-state index contributed by atoms with van der Waals surface area (Å²) in [4.78, 5) is 0. The van der Waals surface area contributed by atoms with Gasteiger partial charge < -0.3 is 10.5 Å². The van der Waals surface area contributed by atoms with Gasteiger partial charge in [-0.25, -0.2) is 8.42 Å². The van der Waals surface area contributed by atoms with Crippen molar-refractivity contribution in [2.24, 2.45) is 0 Å². The van der Waals surface area contributed by atoms with E-state index in [1.807, 2.05) is 19.1 Å². The lowest BCUT2D eigenvalue weighted by atomic mass is 10.2. The van der Waals surface area contributed by atoms with Crippen LogP contribution in [0.25, 0.3) is 0 Å². The second-order valence-corrected chi connectivity index (χ2v) is 6.93. The number of nitrogen functional groups attached to an aromatic ring is 1. The normalized spacial score (nSPS) is 11.8. The summed E-state index contributed by atoms with van der Waals surface area (Å²) in [6, 6.07) is 5.45. The molecule has 0 unspecified atom stereocenters. The van der Waals surface area contributed by atoms with Crippen molar-refractivity contribution >= 4 is 15.5 Å². The van der Waals surface area contributed by atoms with Gasteiger partial charge in [-0.05, 0) is 32.4 Å². The summed E-state index contributed by atoms with van der Waals surface area (Å²) in [7, 11) is -3.06. The minimum absolute atomic E-state index is 0.0123. The molecule has 4 nitrogen and oxygen atoms in total. The molecule has 1 aromatic carbocycles. The summed E-state index contributed by atoms with van der Waals surface area (Å²) < 4.78 is 28.6. The van der Waals surface area contributed by atoms with Gasteiger partial charge >= 0.3 is 0 Å². The first-order valence-corrected chi connectivity index (χ1v) is 7.25. The van der Waals surface area contributed by atoms with Gasteiger partial charge in [0.1, 0.15) is 12.4 Å². The number of benzene rings is 1. The Labute approximate surface area is 103 Å². The largest absolute Gasteiger partial charge is 0.490 e. The van der Waals surface area contributed by atoms with Crippen LogP contribution in [0.5, 0.6) is 5.75 Å². The highest BCUT2D eigenvalue weighted by Gasteiger charge is 2.16. The Morgan fingerprint density at radius 1 is 1.35 bits per heavy atom. The van der Waals surface area contributed by atoms with Crippen LogP contribution in [0.1, 0.15) is 19.4 Å². The van der Waals surface area contributed by atoms with Gasteiger partial charge in [0.2, 0.25) is 0 Å². The van der Waals surface area contributed by atoms with E-state index in [9.17, 15) is 8.42 Å². The molecule has 1 rings (SSSR count). The van der Waals surface area contributed by atoms with Crippen LogP contribution in [-0.2, 0) is 9.84 Å². The lowest BCUT2D eigenvalue weighted by molar-refractivity contribution is 0.340. The van der Waals surface area contributed by atoms with Gasteiger partial charge in [-0.3, -0.25) is 0 Å². The van der Waals surface area contributed by atoms with Crippen molar-refractivity contribution in [1.29, 1.82) is 0 Å². The molecule has 0 spiro atoms. The minimum atomic E-state index is -3.06. The highest BCUT2D eigenvalue weighted by molar-refractivity contribution is 7.91. The fourth-order valence-corrected chi connectivity index (χ4v) is 2.15. The number of nitrogens with two attached hydrogens (primary N) is 1. The Morgan fingerprint density at radius 2 is 2.00 bits per heavy atom. The fraction of sp³-hybridized carbons (Fsp3) is 0.500. The number of anilines is 1. The molecule has 0 aliphatic heterocycles. The van der Waals surface area contributed by atoms with Crippen LogP contribution < -0.4 is 10.5 Å². The molecule has 0 heterocycles. The zero-order valence-electron chi connectivity index (χ0n) is 10.4. The number of hydrogen-bond donors (Lipinski definition) is 1. The van der Waals surface area contributed by atoms with Crippen LogP contribution in [-0.4, -0.2) is 26.0 Å². The van der Waals surface area contributed by atoms with Crippen LogP contribution in [0.15, 0.2) is 18.2 Å². The molecule has 0 saturated carbocycles. The molecule has 0 amide bonds. The number of hydrogen-bond acceptors (Lipinski definition) is 4. The van der Waals surface area contributed by atoms with E-state index >= 15 is 0 Å². The van der Waals surface area contributed by atoms with E-state index in [-0.39, 0.29) is 17.6 Å². The third-order valence-corrected chi connectivity index (χ3v) is 4.75. The van der Waals surface area contributed by atoms with Gasteiger partial charge in [0.05, 0.1) is 16.7 Å². The quantitative estimate of drug-likeness (QED) is 0.816. The zero-order chi connectivity index (χ0) is 13.1. The summed E-state index contributed by atoms with van der Waals surface area (Å²) in [6.45, 7) is 5.34. The van der Waals surface area contributed by atoms with Gasteiger partial charge in [-0.2, -0.15) is 0 Å². The van der Waals surface area contributed by atoms with Crippen LogP contribution >= 0.6 is 0 Å². The number of rotatable bonds is 5. The molecule has 0 aliphatic rings. The fourth-order valence-electron chi connectivity index (χ4n) is 1.37. The van der Waals surface area contributed by atoms with Crippen molar-refractivity contribution < 1.29 is 13.2 Å². The molecule has 96 valence electrons. The van der Waals surface area contributed by atoms with E-state index in [1.54, 1.807) is 19.9 Å². The second-order valence-electron chi connectivity index (χ2n) is 4.26. The number of sulfone groups is 1. The molecule has 0 bridgehead atoms. The third-order valence-electron chi connectivity index (χ3n) is 2.57. The van der Waals surface area contributed by atoms with Crippen molar-refractivity contribution in [3.05, 3.63) is 23.8 Å². The highest BCUT2D eigenvalue weighted by Crippen LogP contribution is 2.25. The third kappa shape index (κ3) is 3.63. The average Bonchev–Trinajstić information content (AvgIpc) is 2.22. The monoisotopic (exact) mass is 257 g/mol. The molecule has 0 fully saturated rings. The average molecular weight is 257 g/mol. The standard InChI is InChI=1S/C12H19NO3S/c1-9(2)17(14,15)8-7-16-12-10(3)5-4-6-11(12)13/h4-6,9H,7-8,13H2,1-3H3. The van der Waals surface area contributed by atoms with Gasteiger partial charge in [0.25, 0.3) is 0 Å². The molecule has 0 radical (unpaired) electrons. The molecule has 0 aromatic heterocycles. The summed E-state index contributed by atoms with van der Waals surface area (Å²) in [5.41, 5.74) is 7.20. The van der Waals surface area contributed by atoms with Crippen LogP contribution in [0.2, 0.25) is 0 Å². The molecule has 0 atom stereocenters. The Balaban J connectivity index is 2.64. The summed E-state index contributed by atoms with van der Waals surface area (Å²) in [6.07, 6.45) is 0. The first kappa shape index (κ1) is 13.8. The van der Waals surface area contributed by atoms with E-state index in [0.29, 0.717) is 11.4 Å². The predicted molar refractivity (Wildman–Crippen MR) is 70.0 cm³/mol. The van der Waals surface area contributed by atoms with Gasteiger partial charge in [-0.1, -0.05) is 12.1 Å². The van der Waals surface area contributed by atoms with Crippen molar-refractivity contribution in [2.45, 2.75) is 26.0 Å². The smallest absolute Gasteiger partial charge is 0.155 e. The molecule has 0 aliphatic carbocycles. The van der Waals surface area contributed by atoms with Crippen molar-refractivity contribution in [3.63, 3.8) is 0 Å². The first-order valence-electron chi connectivity index (χ1n) is 5.54. The lowest BCUT2D eigenvalue weighted by Crippen LogP contribution is -2.22. The summed E-state index contributed by atoms with van der Waals surface area (Å²) in [5, 5.41) is -0.375. The number of ether oxygens (including phenoxy) is 1.